The molecule has 2 rings (SSSR count). The van der Waals surface area contributed by atoms with Gasteiger partial charge in [0.25, 0.3) is 0 Å². The summed E-state index contributed by atoms with van der Waals surface area (Å²) in [5, 5.41) is 0. The Morgan fingerprint density at radius 2 is 2.33 bits per heavy atom. The first-order chi connectivity index (χ1) is 7.08. The number of rotatable bonds is 2. The Labute approximate surface area is 99.6 Å². The molecule has 0 radical (unpaired) electrons. The number of hydrogen-bond donors (Lipinski definition) is 1. The normalized spacial score (nSPS) is 21.6. The van der Waals surface area contributed by atoms with Gasteiger partial charge in [-0.2, -0.15) is 0 Å². The second-order valence-electron chi connectivity index (χ2n) is 4.45. The molecule has 2 N–H and O–H groups in total. The van der Waals surface area contributed by atoms with Crippen LogP contribution in [-0.2, 0) is 6.42 Å². The molecule has 1 aromatic rings. The largest absolute Gasteiger partial charge is 0.371 e. The summed E-state index contributed by atoms with van der Waals surface area (Å²) < 4.78 is 1.16. The van der Waals surface area contributed by atoms with E-state index in [1.807, 2.05) is 0 Å². The highest BCUT2D eigenvalue weighted by Gasteiger charge is 2.26. The quantitative estimate of drug-likeness (QED) is 0.894. The number of nitrogens with zero attached hydrogens (tertiary/aromatic N) is 1. The maximum absolute atomic E-state index is 5.86. The molecule has 2 atom stereocenters. The fourth-order valence-corrected chi connectivity index (χ4v) is 2.73. The van der Waals surface area contributed by atoms with E-state index < -0.39 is 0 Å². The van der Waals surface area contributed by atoms with Crippen LogP contribution >= 0.6 is 15.9 Å². The van der Waals surface area contributed by atoms with Gasteiger partial charge in [0.05, 0.1) is 0 Å². The zero-order valence-electron chi connectivity index (χ0n) is 9.20. The molecule has 0 fully saturated rings. The van der Waals surface area contributed by atoms with Crippen LogP contribution < -0.4 is 10.6 Å². The molecule has 0 aromatic heterocycles. The SMILES string of the molecule is CC(N)CC1Cc2cc(Br)ccc2N1C. The number of nitrogens with two attached hydrogens (primary N) is 1. The van der Waals surface area contributed by atoms with Crippen molar-refractivity contribution in [3.05, 3.63) is 28.2 Å². The van der Waals surface area contributed by atoms with Crippen LogP contribution in [0.4, 0.5) is 5.69 Å². The molecule has 2 nitrogen and oxygen atoms in total. The van der Waals surface area contributed by atoms with Crippen molar-refractivity contribution in [3.63, 3.8) is 0 Å². The molecule has 1 aliphatic heterocycles. The van der Waals surface area contributed by atoms with Gasteiger partial charge in [0.15, 0.2) is 0 Å². The Bertz CT molecular complexity index is 363. The van der Waals surface area contributed by atoms with Crippen LogP contribution in [0.25, 0.3) is 0 Å². The summed E-state index contributed by atoms with van der Waals surface area (Å²) in [5.74, 6) is 0. The third-order valence-electron chi connectivity index (χ3n) is 3.07. The number of anilines is 1. The second-order valence-corrected chi connectivity index (χ2v) is 5.37. The van der Waals surface area contributed by atoms with Gasteiger partial charge in [-0.25, -0.2) is 0 Å². The summed E-state index contributed by atoms with van der Waals surface area (Å²) in [7, 11) is 2.16. The first-order valence-corrected chi connectivity index (χ1v) is 6.14. The molecule has 1 aliphatic rings. The van der Waals surface area contributed by atoms with E-state index in [1.54, 1.807) is 0 Å². The molecule has 82 valence electrons. The van der Waals surface area contributed by atoms with Crippen LogP contribution in [0.5, 0.6) is 0 Å². The fraction of sp³-hybridized carbons (Fsp3) is 0.500. The van der Waals surface area contributed by atoms with Gasteiger partial charge in [0.1, 0.15) is 0 Å². The Kier molecular flexibility index (Phi) is 3.03. The minimum absolute atomic E-state index is 0.273. The lowest BCUT2D eigenvalue weighted by Gasteiger charge is -2.24. The molecule has 15 heavy (non-hydrogen) atoms. The van der Waals surface area contributed by atoms with Crippen LogP contribution in [0, 0.1) is 0 Å². The highest BCUT2D eigenvalue weighted by Crippen LogP contribution is 2.34. The summed E-state index contributed by atoms with van der Waals surface area (Å²) in [6.45, 7) is 2.08. The summed E-state index contributed by atoms with van der Waals surface area (Å²) >= 11 is 3.51. The number of hydrogen-bond acceptors (Lipinski definition) is 2. The van der Waals surface area contributed by atoms with Crippen molar-refractivity contribution in [2.45, 2.75) is 31.8 Å². The van der Waals surface area contributed by atoms with Gasteiger partial charge in [-0.05, 0) is 43.5 Å². The standard InChI is InChI=1S/C12H17BrN2/c1-8(14)5-11-7-9-6-10(13)3-4-12(9)15(11)2/h3-4,6,8,11H,5,7,14H2,1-2H3. The van der Waals surface area contributed by atoms with Crippen LogP contribution in [0.1, 0.15) is 18.9 Å². The maximum atomic E-state index is 5.86. The van der Waals surface area contributed by atoms with E-state index in [4.69, 9.17) is 5.73 Å². The molecule has 0 saturated carbocycles. The van der Waals surface area contributed by atoms with Gasteiger partial charge >= 0.3 is 0 Å². The smallest absolute Gasteiger partial charge is 0.0400 e. The average Bonchev–Trinajstić information content (AvgIpc) is 2.42. The lowest BCUT2D eigenvalue weighted by atomic mass is 10.0. The molecule has 2 unspecified atom stereocenters. The van der Waals surface area contributed by atoms with Gasteiger partial charge in [-0.3, -0.25) is 0 Å². The summed E-state index contributed by atoms with van der Waals surface area (Å²) in [5.41, 5.74) is 8.64. The van der Waals surface area contributed by atoms with E-state index in [2.05, 4.69) is 53.0 Å². The molecule has 0 saturated heterocycles. The number of likely N-dealkylation sites (N-methyl/N-ethyl adjacent to an activating group) is 1. The predicted octanol–water partition coefficient (Wildman–Crippen LogP) is 2.55. The predicted molar refractivity (Wildman–Crippen MR) is 68.3 cm³/mol. The summed E-state index contributed by atoms with van der Waals surface area (Å²) in [6, 6.07) is 7.33. The monoisotopic (exact) mass is 268 g/mol. The van der Waals surface area contributed by atoms with E-state index in [9.17, 15) is 0 Å². The Balaban J connectivity index is 2.21. The second kappa shape index (κ2) is 4.14. The van der Waals surface area contributed by atoms with E-state index in [0.29, 0.717) is 6.04 Å². The Morgan fingerprint density at radius 1 is 1.60 bits per heavy atom. The minimum Gasteiger partial charge on any atom is -0.371 e. The van der Waals surface area contributed by atoms with Crippen molar-refractivity contribution in [1.82, 2.24) is 0 Å². The van der Waals surface area contributed by atoms with Crippen LogP contribution in [0.3, 0.4) is 0 Å². The molecule has 0 amide bonds. The topological polar surface area (TPSA) is 29.3 Å². The van der Waals surface area contributed by atoms with Crippen LogP contribution in [0.2, 0.25) is 0 Å². The lowest BCUT2D eigenvalue weighted by molar-refractivity contribution is 0.544. The summed E-state index contributed by atoms with van der Waals surface area (Å²) in [6.07, 6.45) is 2.18. The van der Waals surface area contributed by atoms with Crippen molar-refractivity contribution in [3.8, 4) is 0 Å². The number of benzene rings is 1. The molecular formula is C12H17BrN2. The van der Waals surface area contributed by atoms with Gasteiger partial charge in [0, 0.05) is 29.3 Å². The van der Waals surface area contributed by atoms with Gasteiger partial charge in [0.2, 0.25) is 0 Å². The highest BCUT2D eigenvalue weighted by atomic mass is 79.9. The maximum Gasteiger partial charge on any atom is 0.0400 e. The first-order valence-electron chi connectivity index (χ1n) is 5.35. The minimum atomic E-state index is 0.273. The third kappa shape index (κ3) is 2.18. The lowest BCUT2D eigenvalue weighted by Crippen LogP contribution is -2.33. The van der Waals surface area contributed by atoms with Crippen molar-refractivity contribution >= 4 is 21.6 Å². The fourth-order valence-electron chi connectivity index (χ4n) is 2.32. The van der Waals surface area contributed by atoms with E-state index in [-0.39, 0.29) is 6.04 Å². The molecule has 0 aliphatic carbocycles. The van der Waals surface area contributed by atoms with Gasteiger partial charge in [-0.15, -0.1) is 0 Å². The molecule has 1 aromatic carbocycles. The van der Waals surface area contributed by atoms with E-state index in [0.717, 1.165) is 17.3 Å². The van der Waals surface area contributed by atoms with Gasteiger partial charge in [-0.1, -0.05) is 15.9 Å². The Morgan fingerprint density at radius 3 is 3.00 bits per heavy atom. The first kappa shape index (κ1) is 11.0. The molecular weight excluding hydrogens is 252 g/mol. The van der Waals surface area contributed by atoms with Gasteiger partial charge < -0.3 is 10.6 Å². The Hall–Kier alpha value is -0.540. The zero-order chi connectivity index (χ0) is 11.0. The van der Waals surface area contributed by atoms with E-state index >= 15 is 0 Å². The molecule has 0 spiro atoms. The molecule has 3 heteroatoms. The van der Waals surface area contributed by atoms with Crippen molar-refractivity contribution in [1.29, 1.82) is 0 Å². The third-order valence-corrected chi connectivity index (χ3v) is 3.56. The highest BCUT2D eigenvalue weighted by molar-refractivity contribution is 9.10. The number of halogens is 1. The molecule has 0 bridgehead atoms. The van der Waals surface area contributed by atoms with Crippen molar-refractivity contribution in [2.24, 2.45) is 5.73 Å². The van der Waals surface area contributed by atoms with Crippen molar-refractivity contribution < 1.29 is 0 Å². The summed E-state index contributed by atoms with van der Waals surface area (Å²) in [4.78, 5) is 2.35. The van der Waals surface area contributed by atoms with Crippen LogP contribution in [-0.4, -0.2) is 19.1 Å². The number of fused-ring (bicyclic) bond motifs is 1. The average molecular weight is 269 g/mol. The molecule has 1 heterocycles. The van der Waals surface area contributed by atoms with Crippen LogP contribution in [0.15, 0.2) is 22.7 Å². The van der Waals surface area contributed by atoms with Crippen molar-refractivity contribution in [2.75, 3.05) is 11.9 Å². The van der Waals surface area contributed by atoms with E-state index in [1.165, 1.54) is 11.3 Å². The zero-order valence-corrected chi connectivity index (χ0v) is 10.8.